The van der Waals surface area contributed by atoms with Gasteiger partial charge in [-0.15, -0.1) is 0 Å². The Kier molecular flexibility index (Phi) is 6.70. The zero-order valence-corrected chi connectivity index (χ0v) is 10.8. The van der Waals surface area contributed by atoms with E-state index in [0.29, 0.717) is 11.1 Å². The van der Waals surface area contributed by atoms with Crippen LogP contribution in [0.1, 0.15) is 20.8 Å². The van der Waals surface area contributed by atoms with Gasteiger partial charge in [-0.05, 0) is 26.3 Å². The first-order chi connectivity index (χ1) is 7.99. The van der Waals surface area contributed by atoms with Crippen molar-refractivity contribution in [2.75, 3.05) is 20.8 Å². The van der Waals surface area contributed by atoms with Crippen molar-refractivity contribution in [2.45, 2.75) is 20.8 Å². The Balaban J connectivity index is 5.26. The van der Waals surface area contributed by atoms with Crippen molar-refractivity contribution in [3.8, 4) is 0 Å². The molecular weight excluding hydrogens is 224 g/mol. The van der Waals surface area contributed by atoms with Crippen LogP contribution in [0.3, 0.4) is 0 Å². The molecule has 5 heteroatoms. The lowest BCUT2D eigenvalue weighted by atomic mass is 10.0. The number of ether oxygens (including phenoxy) is 3. The first kappa shape index (κ1) is 15.2. The van der Waals surface area contributed by atoms with E-state index in [9.17, 15) is 9.59 Å². The lowest BCUT2D eigenvalue weighted by Crippen LogP contribution is -2.12. The van der Waals surface area contributed by atoms with Crippen molar-refractivity contribution in [1.29, 1.82) is 0 Å². The monoisotopic (exact) mass is 242 g/mol. The normalized spacial score (nSPS) is 12.6. The molecule has 0 N–H and O–H groups in total. The second-order valence-corrected chi connectivity index (χ2v) is 3.23. The molecule has 96 valence electrons. The highest BCUT2D eigenvalue weighted by atomic mass is 16.5. The third-order valence-electron chi connectivity index (χ3n) is 2.19. The van der Waals surface area contributed by atoms with E-state index in [1.54, 1.807) is 20.8 Å². The SMILES string of the molecule is CCOC(=O)/C(C)=C(C)/C(=C\OC)C(=O)OC. The molecule has 0 aromatic heterocycles. The summed E-state index contributed by atoms with van der Waals surface area (Å²) in [5.41, 5.74) is 1.01. The summed E-state index contributed by atoms with van der Waals surface area (Å²) in [5, 5.41) is 0. The van der Waals surface area contributed by atoms with Crippen LogP contribution in [0.15, 0.2) is 23.0 Å². The Morgan fingerprint density at radius 3 is 2.06 bits per heavy atom. The van der Waals surface area contributed by atoms with E-state index in [4.69, 9.17) is 9.47 Å². The molecule has 0 aromatic carbocycles. The van der Waals surface area contributed by atoms with Crippen molar-refractivity contribution in [2.24, 2.45) is 0 Å². The zero-order chi connectivity index (χ0) is 13.4. The number of hydrogen-bond donors (Lipinski definition) is 0. The van der Waals surface area contributed by atoms with Crippen molar-refractivity contribution >= 4 is 11.9 Å². The Morgan fingerprint density at radius 2 is 1.65 bits per heavy atom. The van der Waals surface area contributed by atoms with Crippen LogP contribution in [0, 0.1) is 0 Å². The number of hydrogen-bond acceptors (Lipinski definition) is 5. The molecule has 0 atom stereocenters. The fourth-order valence-corrected chi connectivity index (χ4v) is 1.11. The van der Waals surface area contributed by atoms with Gasteiger partial charge in [-0.3, -0.25) is 0 Å². The number of carbonyl (C=O) groups is 2. The number of methoxy groups -OCH3 is 2. The third-order valence-corrected chi connectivity index (χ3v) is 2.19. The molecule has 0 heterocycles. The Morgan fingerprint density at radius 1 is 1.06 bits per heavy atom. The minimum atomic E-state index is -0.562. The van der Waals surface area contributed by atoms with Crippen LogP contribution in [0.2, 0.25) is 0 Å². The van der Waals surface area contributed by atoms with Gasteiger partial charge in [-0.1, -0.05) is 0 Å². The summed E-state index contributed by atoms with van der Waals surface area (Å²) in [5.74, 6) is -1.02. The van der Waals surface area contributed by atoms with E-state index in [-0.39, 0.29) is 12.2 Å². The van der Waals surface area contributed by atoms with Crippen LogP contribution in [0.5, 0.6) is 0 Å². The Bertz CT molecular complexity index is 352. The van der Waals surface area contributed by atoms with E-state index in [1.165, 1.54) is 20.5 Å². The van der Waals surface area contributed by atoms with E-state index >= 15 is 0 Å². The van der Waals surface area contributed by atoms with Gasteiger partial charge in [0, 0.05) is 5.57 Å². The summed E-state index contributed by atoms with van der Waals surface area (Å²) >= 11 is 0. The average molecular weight is 242 g/mol. The smallest absolute Gasteiger partial charge is 0.341 e. The van der Waals surface area contributed by atoms with Crippen molar-refractivity contribution in [3.05, 3.63) is 23.0 Å². The molecular formula is C12H18O5. The summed E-state index contributed by atoms with van der Waals surface area (Å²) < 4.78 is 14.2. The summed E-state index contributed by atoms with van der Waals surface area (Å²) in [6, 6.07) is 0. The van der Waals surface area contributed by atoms with E-state index in [0.717, 1.165) is 0 Å². The number of rotatable bonds is 5. The van der Waals surface area contributed by atoms with E-state index < -0.39 is 11.9 Å². The van der Waals surface area contributed by atoms with Crippen LogP contribution in [0.25, 0.3) is 0 Å². The van der Waals surface area contributed by atoms with E-state index in [2.05, 4.69) is 4.74 Å². The molecule has 0 amide bonds. The van der Waals surface area contributed by atoms with Crippen molar-refractivity contribution < 1.29 is 23.8 Å². The number of esters is 2. The molecule has 0 unspecified atom stereocenters. The highest BCUT2D eigenvalue weighted by Gasteiger charge is 2.18. The third kappa shape index (κ3) is 4.30. The summed E-state index contributed by atoms with van der Waals surface area (Å²) in [6.07, 6.45) is 1.24. The summed E-state index contributed by atoms with van der Waals surface area (Å²) in [7, 11) is 2.68. The largest absolute Gasteiger partial charge is 0.503 e. The second kappa shape index (κ2) is 7.49. The standard InChI is InChI=1S/C12H18O5/c1-6-17-11(13)9(3)8(2)10(7-15-4)12(14)16-5/h7H,6H2,1-5H3/b9-8+,10-7+. The van der Waals surface area contributed by atoms with Gasteiger partial charge in [0.05, 0.1) is 32.7 Å². The maximum Gasteiger partial charge on any atom is 0.341 e. The molecule has 0 spiro atoms. The van der Waals surface area contributed by atoms with Crippen molar-refractivity contribution in [3.63, 3.8) is 0 Å². The molecule has 17 heavy (non-hydrogen) atoms. The van der Waals surface area contributed by atoms with Crippen LogP contribution in [-0.2, 0) is 23.8 Å². The minimum absolute atomic E-state index is 0.195. The maximum atomic E-state index is 11.5. The first-order valence-corrected chi connectivity index (χ1v) is 5.15. The molecule has 0 aliphatic heterocycles. The van der Waals surface area contributed by atoms with Gasteiger partial charge in [0.1, 0.15) is 0 Å². The highest BCUT2D eigenvalue weighted by Crippen LogP contribution is 2.17. The molecule has 0 rings (SSSR count). The zero-order valence-electron chi connectivity index (χ0n) is 10.8. The molecule has 0 aromatic rings. The molecule has 5 nitrogen and oxygen atoms in total. The van der Waals surface area contributed by atoms with Gasteiger partial charge in [-0.25, -0.2) is 9.59 Å². The van der Waals surface area contributed by atoms with Crippen LogP contribution < -0.4 is 0 Å². The van der Waals surface area contributed by atoms with E-state index in [1.807, 2.05) is 0 Å². The van der Waals surface area contributed by atoms with Crippen LogP contribution in [0.4, 0.5) is 0 Å². The van der Waals surface area contributed by atoms with Gasteiger partial charge in [0.25, 0.3) is 0 Å². The predicted octanol–water partition coefficient (Wildman–Crippen LogP) is 1.59. The predicted molar refractivity (Wildman–Crippen MR) is 62.1 cm³/mol. The molecule has 0 saturated heterocycles. The van der Waals surface area contributed by atoms with Gasteiger partial charge < -0.3 is 14.2 Å². The summed E-state index contributed by atoms with van der Waals surface area (Å²) in [6.45, 7) is 5.21. The fourth-order valence-electron chi connectivity index (χ4n) is 1.11. The molecule has 0 saturated carbocycles. The molecule has 0 fully saturated rings. The maximum absolute atomic E-state index is 11.5. The topological polar surface area (TPSA) is 61.8 Å². The lowest BCUT2D eigenvalue weighted by molar-refractivity contribution is -0.138. The second-order valence-electron chi connectivity index (χ2n) is 3.23. The Labute approximate surface area is 101 Å². The molecule has 0 aliphatic carbocycles. The molecule has 0 aliphatic rings. The minimum Gasteiger partial charge on any atom is -0.503 e. The fraction of sp³-hybridized carbons (Fsp3) is 0.500. The summed E-state index contributed by atoms with van der Waals surface area (Å²) in [4.78, 5) is 23.0. The lowest BCUT2D eigenvalue weighted by Gasteiger charge is -2.09. The van der Waals surface area contributed by atoms with Crippen molar-refractivity contribution in [1.82, 2.24) is 0 Å². The Hall–Kier alpha value is -1.78. The van der Waals surface area contributed by atoms with Gasteiger partial charge in [0.15, 0.2) is 0 Å². The first-order valence-electron chi connectivity index (χ1n) is 5.15. The van der Waals surface area contributed by atoms with Gasteiger partial charge in [-0.2, -0.15) is 0 Å². The highest BCUT2D eigenvalue weighted by molar-refractivity contribution is 5.97. The van der Waals surface area contributed by atoms with Crippen LogP contribution >= 0.6 is 0 Å². The quantitative estimate of drug-likeness (QED) is 0.317. The van der Waals surface area contributed by atoms with Gasteiger partial charge >= 0.3 is 11.9 Å². The average Bonchev–Trinajstić information content (AvgIpc) is 2.33. The number of carbonyl (C=O) groups excluding carboxylic acids is 2. The van der Waals surface area contributed by atoms with Crippen LogP contribution in [-0.4, -0.2) is 32.8 Å². The van der Waals surface area contributed by atoms with Gasteiger partial charge in [0.2, 0.25) is 0 Å². The molecule has 0 bridgehead atoms. The molecule has 0 radical (unpaired) electrons.